The fourth-order valence-corrected chi connectivity index (χ4v) is 5.02. The molecule has 0 amide bonds. The lowest BCUT2D eigenvalue weighted by atomic mass is 9.96. The minimum atomic E-state index is -0.687. The molecule has 1 N–H and O–H groups in total. The first-order valence-electron chi connectivity index (χ1n) is 9.73. The lowest BCUT2D eigenvalue weighted by molar-refractivity contribution is -0.139. The van der Waals surface area contributed by atoms with Crippen LogP contribution < -0.4 is 14.9 Å². The number of hydrogen-bond acceptors (Lipinski definition) is 6. The molecular formula is C23H18BrClN2O4S. The minimum absolute atomic E-state index is 0.00749. The van der Waals surface area contributed by atoms with Crippen molar-refractivity contribution >= 4 is 50.9 Å². The zero-order valence-corrected chi connectivity index (χ0v) is 20.3. The molecule has 32 heavy (non-hydrogen) atoms. The van der Waals surface area contributed by atoms with Crippen LogP contribution in [-0.4, -0.2) is 22.2 Å². The van der Waals surface area contributed by atoms with Gasteiger partial charge in [0, 0.05) is 15.1 Å². The molecular weight excluding hydrogens is 516 g/mol. The normalized spacial score (nSPS) is 16.0. The van der Waals surface area contributed by atoms with Crippen LogP contribution in [0.25, 0.3) is 6.08 Å². The van der Waals surface area contributed by atoms with E-state index >= 15 is 0 Å². The SMILES string of the molecule is CCOC(=O)C1=C(C)N=c2sc(=Cc3cc(Cl)ccc3O)c(=O)n2[C@@H]1c1ccc(Br)cc1. The number of phenolic OH excluding ortho intramolecular Hbond substituents is 1. The summed E-state index contributed by atoms with van der Waals surface area (Å²) in [5.41, 5.74) is 1.66. The largest absolute Gasteiger partial charge is 0.507 e. The highest BCUT2D eigenvalue weighted by Crippen LogP contribution is 2.31. The van der Waals surface area contributed by atoms with E-state index in [0.29, 0.717) is 31.2 Å². The van der Waals surface area contributed by atoms with E-state index < -0.39 is 12.0 Å². The maximum atomic E-state index is 13.5. The molecule has 0 unspecified atom stereocenters. The average Bonchev–Trinajstić information content (AvgIpc) is 3.05. The van der Waals surface area contributed by atoms with E-state index in [1.807, 2.05) is 24.3 Å². The van der Waals surface area contributed by atoms with E-state index in [-0.39, 0.29) is 17.9 Å². The number of carbonyl (C=O) groups excluding carboxylic acids is 1. The Balaban J connectivity index is 1.97. The van der Waals surface area contributed by atoms with Crippen molar-refractivity contribution in [2.24, 2.45) is 4.99 Å². The molecule has 6 nitrogen and oxygen atoms in total. The first-order valence-corrected chi connectivity index (χ1v) is 11.7. The summed E-state index contributed by atoms with van der Waals surface area (Å²) in [5, 5.41) is 10.6. The number of ether oxygens (including phenoxy) is 1. The number of allylic oxidation sites excluding steroid dienone is 1. The molecule has 0 spiro atoms. The van der Waals surface area contributed by atoms with Gasteiger partial charge in [0.25, 0.3) is 5.56 Å². The number of esters is 1. The van der Waals surface area contributed by atoms with Crippen LogP contribution in [-0.2, 0) is 9.53 Å². The second-order valence-corrected chi connectivity index (χ2v) is 9.42. The van der Waals surface area contributed by atoms with Crippen molar-refractivity contribution in [2.45, 2.75) is 19.9 Å². The molecule has 1 aromatic heterocycles. The van der Waals surface area contributed by atoms with E-state index in [1.165, 1.54) is 22.0 Å². The second kappa shape index (κ2) is 9.05. The molecule has 1 aliphatic heterocycles. The van der Waals surface area contributed by atoms with Crippen LogP contribution in [0, 0.1) is 0 Å². The highest BCUT2D eigenvalue weighted by atomic mass is 79.9. The van der Waals surface area contributed by atoms with Gasteiger partial charge in [-0.25, -0.2) is 9.79 Å². The highest BCUT2D eigenvalue weighted by molar-refractivity contribution is 9.10. The van der Waals surface area contributed by atoms with E-state index in [9.17, 15) is 14.7 Å². The molecule has 1 aliphatic rings. The van der Waals surface area contributed by atoms with Gasteiger partial charge < -0.3 is 9.84 Å². The Bertz CT molecular complexity index is 1420. The zero-order chi connectivity index (χ0) is 23.0. The number of aromatic nitrogens is 1. The van der Waals surface area contributed by atoms with E-state index in [2.05, 4.69) is 20.9 Å². The molecule has 9 heteroatoms. The molecule has 0 saturated heterocycles. The third-order valence-corrected chi connectivity index (χ3v) is 6.73. The molecule has 0 fully saturated rings. The van der Waals surface area contributed by atoms with Gasteiger partial charge in [0.2, 0.25) is 0 Å². The first kappa shape index (κ1) is 22.5. The van der Waals surface area contributed by atoms with Crippen LogP contribution in [0.1, 0.15) is 31.0 Å². The van der Waals surface area contributed by atoms with Gasteiger partial charge in [0.05, 0.1) is 28.5 Å². The van der Waals surface area contributed by atoms with E-state index in [4.69, 9.17) is 16.3 Å². The number of aromatic hydroxyl groups is 1. The number of benzene rings is 2. The summed E-state index contributed by atoms with van der Waals surface area (Å²) in [5.74, 6) is -0.503. The predicted molar refractivity (Wildman–Crippen MR) is 128 cm³/mol. The lowest BCUT2D eigenvalue weighted by Gasteiger charge is -2.24. The predicted octanol–water partition coefficient (Wildman–Crippen LogP) is 3.92. The van der Waals surface area contributed by atoms with Gasteiger partial charge in [0.1, 0.15) is 5.75 Å². The maximum absolute atomic E-state index is 13.5. The Kier molecular flexibility index (Phi) is 6.37. The minimum Gasteiger partial charge on any atom is -0.507 e. The van der Waals surface area contributed by atoms with Crippen LogP contribution in [0.2, 0.25) is 5.02 Å². The molecule has 2 heterocycles. The molecule has 0 radical (unpaired) electrons. The number of rotatable bonds is 4. The van der Waals surface area contributed by atoms with E-state index in [1.54, 1.807) is 32.1 Å². The Labute approximate surface area is 200 Å². The molecule has 3 aromatic rings. The summed E-state index contributed by atoms with van der Waals surface area (Å²) in [6, 6.07) is 11.3. The zero-order valence-electron chi connectivity index (χ0n) is 17.1. The van der Waals surface area contributed by atoms with Gasteiger partial charge in [-0.15, -0.1) is 0 Å². The van der Waals surface area contributed by atoms with Crippen LogP contribution in [0.4, 0.5) is 0 Å². The summed E-state index contributed by atoms with van der Waals surface area (Å²) in [6.45, 7) is 3.67. The maximum Gasteiger partial charge on any atom is 0.338 e. The van der Waals surface area contributed by atoms with Crippen molar-refractivity contribution in [2.75, 3.05) is 6.61 Å². The summed E-state index contributed by atoms with van der Waals surface area (Å²) < 4.78 is 8.02. The Morgan fingerprint density at radius 1 is 1.31 bits per heavy atom. The molecule has 2 aromatic carbocycles. The number of fused-ring (bicyclic) bond motifs is 1. The summed E-state index contributed by atoms with van der Waals surface area (Å²) in [7, 11) is 0. The van der Waals surface area contributed by atoms with Gasteiger partial charge in [0.15, 0.2) is 4.80 Å². The third-order valence-electron chi connectivity index (χ3n) is 4.98. The van der Waals surface area contributed by atoms with E-state index in [0.717, 1.165) is 10.0 Å². The Morgan fingerprint density at radius 2 is 2.03 bits per heavy atom. The van der Waals surface area contributed by atoms with Crippen LogP contribution in [0.3, 0.4) is 0 Å². The fraction of sp³-hybridized carbons (Fsp3) is 0.174. The van der Waals surface area contributed by atoms with Crippen molar-refractivity contribution in [3.8, 4) is 5.75 Å². The monoisotopic (exact) mass is 532 g/mol. The van der Waals surface area contributed by atoms with Crippen molar-refractivity contribution in [3.63, 3.8) is 0 Å². The van der Waals surface area contributed by atoms with Crippen LogP contribution >= 0.6 is 38.9 Å². The number of nitrogens with zero attached hydrogens (tertiary/aromatic N) is 2. The molecule has 1 atom stereocenters. The summed E-state index contributed by atoms with van der Waals surface area (Å²) in [6.07, 6.45) is 1.58. The van der Waals surface area contributed by atoms with Crippen molar-refractivity contribution < 1.29 is 14.6 Å². The molecule has 0 aliphatic carbocycles. The number of hydrogen-bond donors (Lipinski definition) is 1. The molecule has 164 valence electrons. The van der Waals surface area contributed by atoms with Gasteiger partial charge in [-0.2, -0.15) is 0 Å². The molecule has 4 rings (SSSR count). The summed E-state index contributed by atoms with van der Waals surface area (Å²) >= 11 is 10.7. The fourth-order valence-electron chi connectivity index (χ4n) is 3.53. The second-order valence-electron chi connectivity index (χ2n) is 7.06. The van der Waals surface area contributed by atoms with Gasteiger partial charge >= 0.3 is 5.97 Å². The number of carbonyl (C=O) groups is 1. The average molecular weight is 534 g/mol. The molecule has 0 saturated carbocycles. The molecule has 0 bridgehead atoms. The van der Waals surface area contributed by atoms with Gasteiger partial charge in [-0.05, 0) is 55.8 Å². The Hall–Kier alpha value is -2.68. The standard InChI is InChI=1S/C23H18BrClN2O4S/c1-3-31-22(30)19-12(2)26-23-27(20(19)13-4-6-15(24)7-5-13)21(29)18(32-23)11-14-10-16(25)8-9-17(14)28/h4-11,20,28H,3H2,1-2H3/t20-/m1/s1. The highest BCUT2D eigenvalue weighted by Gasteiger charge is 2.33. The third kappa shape index (κ3) is 4.18. The van der Waals surface area contributed by atoms with Crippen molar-refractivity contribution in [3.05, 3.63) is 94.0 Å². The van der Waals surface area contributed by atoms with Crippen molar-refractivity contribution in [1.29, 1.82) is 0 Å². The van der Waals surface area contributed by atoms with Gasteiger partial charge in [-0.3, -0.25) is 9.36 Å². The van der Waals surface area contributed by atoms with Crippen LogP contribution in [0.5, 0.6) is 5.75 Å². The number of thiazole rings is 1. The number of halogens is 2. The smallest absolute Gasteiger partial charge is 0.338 e. The van der Waals surface area contributed by atoms with Crippen LogP contribution in [0.15, 0.2) is 68.0 Å². The lowest BCUT2D eigenvalue weighted by Crippen LogP contribution is -2.39. The number of phenols is 1. The topological polar surface area (TPSA) is 80.9 Å². The summed E-state index contributed by atoms with van der Waals surface area (Å²) in [4.78, 5) is 31.3. The van der Waals surface area contributed by atoms with Gasteiger partial charge in [-0.1, -0.05) is 51.0 Å². The van der Waals surface area contributed by atoms with Crippen molar-refractivity contribution in [1.82, 2.24) is 4.57 Å². The Morgan fingerprint density at radius 3 is 2.72 bits per heavy atom. The quantitative estimate of drug-likeness (QED) is 0.516. The first-order chi connectivity index (χ1) is 15.3.